The fourth-order valence-electron chi connectivity index (χ4n) is 6.07. The molecule has 4 atom stereocenters. The number of aromatic hydroxyl groups is 1. The lowest BCUT2D eigenvalue weighted by molar-refractivity contribution is 0.0812. The van der Waals surface area contributed by atoms with Gasteiger partial charge in [-0.05, 0) is 91.4 Å². The third-order valence-corrected chi connectivity index (χ3v) is 7.24. The van der Waals surface area contributed by atoms with E-state index >= 15 is 0 Å². The van der Waals surface area contributed by atoms with Crippen LogP contribution in [0.2, 0.25) is 0 Å². The topological polar surface area (TPSA) is 20.2 Å². The van der Waals surface area contributed by atoms with Gasteiger partial charge in [0.05, 0.1) is 0 Å². The molecular formula is C22H30O. The van der Waals surface area contributed by atoms with Crippen LogP contribution in [0.25, 0.3) is 0 Å². The van der Waals surface area contributed by atoms with E-state index in [1.54, 1.807) is 11.1 Å². The molecule has 1 heteroatoms. The number of allylic oxidation sites excluding steroid dienone is 2. The second-order valence-corrected chi connectivity index (χ2v) is 8.31. The van der Waals surface area contributed by atoms with E-state index in [2.05, 4.69) is 26.0 Å². The maximum absolute atomic E-state index is 9.79. The zero-order valence-electron chi connectivity index (χ0n) is 14.6. The van der Waals surface area contributed by atoms with Crippen molar-refractivity contribution in [3.63, 3.8) is 0 Å². The summed E-state index contributed by atoms with van der Waals surface area (Å²) >= 11 is 0. The molecule has 0 heterocycles. The van der Waals surface area contributed by atoms with Crippen LogP contribution in [-0.2, 0) is 6.42 Å². The minimum absolute atomic E-state index is 0.438. The first-order valence-electron chi connectivity index (χ1n) is 9.65. The van der Waals surface area contributed by atoms with Gasteiger partial charge >= 0.3 is 0 Å². The highest BCUT2D eigenvalue weighted by Crippen LogP contribution is 2.62. The van der Waals surface area contributed by atoms with E-state index in [1.807, 2.05) is 12.1 Å². The summed E-state index contributed by atoms with van der Waals surface area (Å²) in [6.45, 7) is 4.85. The molecule has 0 radical (unpaired) electrons. The van der Waals surface area contributed by atoms with Crippen molar-refractivity contribution in [3.05, 3.63) is 41.0 Å². The molecule has 0 bridgehead atoms. The Hall–Kier alpha value is -1.24. The monoisotopic (exact) mass is 310 g/mol. The molecule has 124 valence electrons. The highest BCUT2D eigenvalue weighted by atomic mass is 16.3. The van der Waals surface area contributed by atoms with Gasteiger partial charge in [-0.1, -0.05) is 38.0 Å². The van der Waals surface area contributed by atoms with Gasteiger partial charge in [-0.3, -0.25) is 0 Å². The molecule has 4 unspecified atom stereocenters. The molecule has 0 spiro atoms. The summed E-state index contributed by atoms with van der Waals surface area (Å²) in [4.78, 5) is 0. The number of benzene rings is 1. The molecular weight excluding hydrogens is 280 g/mol. The van der Waals surface area contributed by atoms with Gasteiger partial charge in [-0.2, -0.15) is 0 Å². The van der Waals surface area contributed by atoms with E-state index in [0.717, 1.165) is 24.2 Å². The Balaban J connectivity index is 1.65. The number of unbranched alkanes of at least 4 members (excludes halogenated alkanes) is 1. The molecule has 0 amide bonds. The Kier molecular flexibility index (Phi) is 3.78. The molecule has 3 aliphatic rings. The fourth-order valence-corrected chi connectivity index (χ4v) is 6.07. The van der Waals surface area contributed by atoms with Crippen LogP contribution in [0.5, 0.6) is 5.75 Å². The van der Waals surface area contributed by atoms with E-state index in [4.69, 9.17) is 0 Å². The Morgan fingerprint density at radius 1 is 1.22 bits per heavy atom. The molecule has 23 heavy (non-hydrogen) atoms. The van der Waals surface area contributed by atoms with Crippen molar-refractivity contribution >= 4 is 0 Å². The number of hydrogen-bond acceptors (Lipinski definition) is 1. The standard InChI is InChI=1S/C22H30O/c1-3-4-5-16-7-11-21-20-9-6-15-14-17(23)8-10-18(15)19(20)12-13-22(16,21)2/h5,8,10,14,19-21,23H,3-4,6-7,9,11-13H2,1-2H3/b16-5+. The van der Waals surface area contributed by atoms with Crippen LogP contribution in [0.15, 0.2) is 29.8 Å². The van der Waals surface area contributed by atoms with Crippen molar-refractivity contribution in [2.24, 2.45) is 17.3 Å². The maximum atomic E-state index is 9.79. The molecule has 1 N–H and O–H groups in total. The van der Waals surface area contributed by atoms with Gasteiger partial charge in [-0.25, -0.2) is 0 Å². The average molecular weight is 310 g/mol. The predicted octanol–water partition coefficient (Wildman–Crippen LogP) is 5.97. The van der Waals surface area contributed by atoms with E-state index in [0.29, 0.717) is 11.2 Å². The van der Waals surface area contributed by atoms with Gasteiger partial charge in [-0.15, -0.1) is 0 Å². The van der Waals surface area contributed by atoms with Crippen molar-refractivity contribution in [1.82, 2.24) is 0 Å². The molecule has 2 fully saturated rings. The highest BCUT2D eigenvalue weighted by Gasteiger charge is 2.52. The summed E-state index contributed by atoms with van der Waals surface area (Å²) in [6, 6.07) is 6.13. The Bertz CT molecular complexity index is 629. The SMILES string of the molecule is CCC/C=C1\CCC2C3CCc4cc(O)ccc4C3CCC12C. The Labute approximate surface area is 140 Å². The van der Waals surface area contributed by atoms with E-state index < -0.39 is 0 Å². The minimum atomic E-state index is 0.438. The normalized spacial score (nSPS) is 37.3. The third kappa shape index (κ3) is 2.35. The van der Waals surface area contributed by atoms with Crippen molar-refractivity contribution in [1.29, 1.82) is 0 Å². The molecule has 0 aromatic heterocycles. The van der Waals surface area contributed by atoms with Crippen LogP contribution >= 0.6 is 0 Å². The van der Waals surface area contributed by atoms with Gasteiger partial charge in [0.15, 0.2) is 0 Å². The Morgan fingerprint density at radius 3 is 2.91 bits per heavy atom. The summed E-state index contributed by atoms with van der Waals surface area (Å²) in [5.41, 5.74) is 5.21. The molecule has 1 aromatic carbocycles. The van der Waals surface area contributed by atoms with Crippen molar-refractivity contribution in [2.45, 2.75) is 71.1 Å². The van der Waals surface area contributed by atoms with Crippen LogP contribution in [0.1, 0.15) is 75.8 Å². The van der Waals surface area contributed by atoms with Crippen LogP contribution < -0.4 is 0 Å². The zero-order chi connectivity index (χ0) is 16.0. The first kappa shape index (κ1) is 15.3. The molecule has 2 saturated carbocycles. The van der Waals surface area contributed by atoms with Crippen LogP contribution in [-0.4, -0.2) is 5.11 Å². The summed E-state index contributed by atoms with van der Waals surface area (Å²) in [6.07, 6.45) is 13.0. The molecule has 4 rings (SSSR count). The molecule has 0 saturated heterocycles. The smallest absolute Gasteiger partial charge is 0.115 e. The number of hydrogen-bond donors (Lipinski definition) is 1. The third-order valence-electron chi connectivity index (χ3n) is 7.24. The number of aryl methyl sites for hydroxylation is 1. The molecule has 0 aliphatic heterocycles. The van der Waals surface area contributed by atoms with Crippen molar-refractivity contribution in [2.75, 3.05) is 0 Å². The zero-order valence-corrected chi connectivity index (χ0v) is 14.6. The van der Waals surface area contributed by atoms with Gasteiger partial charge in [0.25, 0.3) is 0 Å². The molecule has 3 aliphatic carbocycles. The first-order valence-corrected chi connectivity index (χ1v) is 9.65. The van der Waals surface area contributed by atoms with Gasteiger partial charge < -0.3 is 5.11 Å². The predicted molar refractivity (Wildman–Crippen MR) is 95.7 cm³/mol. The van der Waals surface area contributed by atoms with Gasteiger partial charge in [0, 0.05) is 0 Å². The quantitative estimate of drug-likeness (QED) is 0.667. The summed E-state index contributed by atoms with van der Waals surface area (Å²) in [5.74, 6) is 2.92. The molecule has 1 nitrogen and oxygen atoms in total. The summed E-state index contributed by atoms with van der Waals surface area (Å²) < 4.78 is 0. The summed E-state index contributed by atoms with van der Waals surface area (Å²) in [7, 11) is 0. The number of fused-ring (bicyclic) bond motifs is 5. The summed E-state index contributed by atoms with van der Waals surface area (Å²) in [5, 5.41) is 9.79. The van der Waals surface area contributed by atoms with E-state index in [9.17, 15) is 5.11 Å². The van der Waals surface area contributed by atoms with Gasteiger partial charge in [0.1, 0.15) is 5.75 Å². The number of phenols is 1. The second-order valence-electron chi connectivity index (χ2n) is 8.31. The number of rotatable bonds is 2. The lowest BCUT2D eigenvalue weighted by Crippen LogP contribution is -2.40. The second kappa shape index (κ2) is 5.69. The maximum Gasteiger partial charge on any atom is 0.115 e. The number of phenolic OH excluding ortho intramolecular Hbond substituents is 1. The van der Waals surface area contributed by atoms with Gasteiger partial charge in [0.2, 0.25) is 0 Å². The largest absolute Gasteiger partial charge is 0.508 e. The lowest BCUT2D eigenvalue weighted by Gasteiger charge is -2.49. The first-order chi connectivity index (χ1) is 11.1. The molecule has 1 aromatic rings. The Morgan fingerprint density at radius 2 is 2.09 bits per heavy atom. The van der Waals surface area contributed by atoms with Crippen LogP contribution in [0, 0.1) is 17.3 Å². The van der Waals surface area contributed by atoms with Crippen molar-refractivity contribution in [3.8, 4) is 5.75 Å². The lowest BCUT2D eigenvalue weighted by atomic mass is 9.55. The van der Waals surface area contributed by atoms with Crippen LogP contribution in [0.3, 0.4) is 0 Å². The van der Waals surface area contributed by atoms with Crippen LogP contribution in [0.4, 0.5) is 0 Å². The minimum Gasteiger partial charge on any atom is -0.508 e. The average Bonchev–Trinajstić information content (AvgIpc) is 2.89. The van der Waals surface area contributed by atoms with Crippen molar-refractivity contribution < 1.29 is 5.11 Å². The van der Waals surface area contributed by atoms with E-state index in [1.165, 1.54) is 50.5 Å². The highest BCUT2D eigenvalue weighted by molar-refractivity contribution is 5.40. The fraction of sp³-hybridized carbons (Fsp3) is 0.636. The van der Waals surface area contributed by atoms with E-state index in [-0.39, 0.29) is 0 Å².